The Labute approximate surface area is 216 Å². The molecule has 1 aliphatic heterocycles. The smallest absolute Gasteiger partial charge is 0.326 e. The topological polar surface area (TPSA) is 171 Å². The van der Waals surface area contributed by atoms with E-state index in [1.54, 1.807) is 0 Å². The number of benzene rings is 1. The van der Waals surface area contributed by atoms with E-state index in [4.69, 9.17) is 5.73 Å². The maximum atomic E-state index is 13.3. The van der Waals surface area contributed by atoms with E-state index in [1.807, 2.05) is 44.2 Å². The molecule has 1 aromatic carbocycles. The van der Waals surface area contributed by atoms with Crippen LogP contribution in [0.1, 0.15) is 44.4 Å². The molecule has 1 aromatic heterocycles. The number of rotatable bonds is 12. The van der Waals surface area contributed by atoms with Crippen LogP contribution in [0.2, 0.25) is 0 Å². The van der Waals surface area contributed by atoms with Crippen LogP contribution in [0.4, 0.5) is 0 Å². The van der Waals surface area contributed by atoms with E-state index in [0.717, 1.165) is 12.0 Å². The van der Waals surface area contributed by atoms with Crippen molar-refractivity contribution in [3.63, 3.8) is 0 Å². The fourth-order valence-electron chi connectivity index (χ4n) is 4.41. The van der Waals surface area contributed by atoms with Gasteiger partial charge in [0.1, 0.15) is 18.1 Å². The van der Waals surface area contributed by atoms with Gasteiger partial charge in [0, 0.05) is 31.3 Å². The molecule has 1 aliphatic rings. The average Bonchev–Trinajstić information content (AvgIpc) is 3.59. The van der Waals surface area contributed by atoms with E-state index in [-0.39, 0.29) is 24.7 Å². The fraction of sp³-hybridized carbons (Fsp3) is 0.500. The van der Waals surface area contributed by atoms with Gasteiger partial charge in [-0.1, -0.05) is 50.6 Å². The lowest BCUT2D eigenvalue weighted by Gasteiger charge is -2.30. The summed E-state index contributed by atoms with van der Waals surface area (Å²) in [6.45, 7) is 4.27. The number of imidazole rings is 1. The number of carbonyl (C=O) groups is 4. The largest absolute Gasteiger partial charge is 0.480 e. The Kier molecular flexibility index (Phi) is 9.78. The summed E-state index contributed by atoms with van der Waals surface area (Å²) in [5.41, 5.74) is 7.50. The molecule has 2 aromatic rings. The Morgan fingerprint density at radius 1 is 1.16 bits per heavy atom. The molecular formula is C26H36N6O5. The molecule has 3 amide bonds. The average molecular weight is 513 g/mol. The first-order valence-electron chi connectivity index (χ1n) is 12.6. The summed E-state index contributed by atoms with van der Waals surface area (Å²) in [7, 11) is 0. The molecular weight excluding hydrogens is 476 g/mol. The number of aliphatic carboxylic acids is 1. The molecule has 1 saturated heterocycles. The molecule has 5 atom stereocenters. The third-order valence-electron chi connectivity index (χ3n) is 6.89. The number of carboxylic acids is 1. The number of nitrogens with one attached hydrogen (secondary N) is 3. The molecule has 2 heterocycles. The van der Waals surface area contributed by atoms with Gasteiger partial charge in [0.25, 0.3) is 0 Å². The van der Waals surface area contributed by atoms with Crippen LogP contribution in [-0.2, 0) is 32.0 Å². The quantitative estimate of drug-likeness (QED) is 0.277. The van der Waals surface area contributed by atoms with Crippen molar-refractivity contribution in [2.75, 3.05) is 6.54 Å². The van der Waals surface area contributed by atoms with Crippen LogP contribution in [0.3, 0.4) is 0 Å². The Morgan fingerprint density at radius 3 is 2.51 bits per heavy atom. The third-order valence-corrected chi connectivity index (χ3v) is 6.89. The highest BCUT2D eigenvalue weighted by Crippen LogP contribution is 2.21. The van der Waals surface area contributed by atoms with Gasteiger partial charge in [-0.05, 0) is 24.3 Å². The number of nitrogens with zero attached hydrogens (tertiary/aromatic N) is 2. The zero-order chi connectivity index (χ0) is 26.9. The molecule has 0 spiro atoms. The van der Waals surface area contributed by atoms with Crippen LogP contribution >= 0.6 is 0 Å². The van der Waals surface area contributed by atoms with E-state index in [0.29, 0.717) is 25.1 Å². The number of hydrogen-bond acceptors (Lipinski definition) is 6. The van der Waals surface area contributed by atoms with E-state index in [1.165, 1.54) is 17.4 Å². The van der Waals surface area contributed by atoms with Crippen LogP contribution in [-0.4, -0.2) is 74.4 Å². The van der Waals surface area contributed by atoms with Gasteiger partial charge in [0.15, 0.2) is 0 Å². The first-order chi connectivity index (χ1) is 17.7. The van der Waals surface area contributed by atoms with E-state index in [2.05, 4.69) is 20.6 Å². The SMILES string of the molecule is CCC(C)C(N)C(=O)N1CCCC1C(=O)NC(Cc1ccccc1)C(=O)NC(Cc1cnc[nH]1)C(=O)O. The molecule has 11 nitrogen and oxygen atoms in total. The van der Waals surface area contributed by atoms with Crippen LogP contribution < -0.4 is 16.4 Å². The van der Waals surface area contributed by atoms with Crippen molar-refractivity contribution in [2.24, 2.45) is 11.7 Å². The zero-order valence-corrected chi connectivity index (χ0v) is 21.2. The van der Waals surface area contributed by atoms with Crippen molar-refractivity contribution in [3.05, 3.63) is 54.1 Å². The van der Waals surface area contributed by atoms with Crippen molar-refractivity contribution < 1.29 is 24.3 Å². The van der Waals surface area contributed by atoms with Crippen molar-refractivity contribution in [2.45, 2.75) is 70.1 Å². The minimum absolute atomic E-state index is 0.00544. The number of carbonyl (C=O) groups excluding carboxylic acids is 3. The first-order valence-corrected chi connectivity index (χ1v) is 12.6. The first kappa shape index (κ1) is 27.9. The van der Waals surface area contributed by atoms with E-state index < -0.39 is 42.0 Å². The molecule has 3 rings (SSSR count). The summed E-state index contributed by atoms with van der Waals surface area (Å²) in [4.78, 5) is 59.7. The summed E-state index contributed by atoms with van der Waals surface area (Å²) >= 11 is 0. The maximum Gasteiger partial charge on any atom is 0.326 e. The predicted octanol–water partition coefficient (Wildman–Crippen LogP) is 0.614. The van der Waals surface area contributed by atoms with Crippen LogP contribution in [0.5, 0.6) is 0 Å². The second kappa shape index (κ2) is 13.0. The number of nitrogens with two attached hydrogens (primary N) is 1. The van der Waals surface area contributed by atoms with Gasteiger partial charge >= 0.3 is 5.97 Å². The molecule has 0 aliphatic carbocycles. The van der Waals surface area contributed by atoms with Gasteiger partial charge in [-0.15, -0.1) is 0 Å². The number of aromatic amines is 1. The van der Waals surface area contributed by atoms with Gasteiger partial charge < -0.3 is 31.4 Å². The summed E-state index contributed by atoms with van der Waals surface area (Å²) < 4.78 is 0. The number of amides is 3. The molecule has 5 unspecified atom stereocenters. The highest BCUT2D eigenvalue weighted by molar-refractivity contribution is 5.94. The van der Waals surface area contributed by atoms with E-state index in [9.17, 15) is 24.3 Å². The Morgan fingerprint density at radius 2 is 1.89 bits per heavy atom. The van der Waals surface area contributed by atoms with Gasteiger partial charge in [-0.2, -0.15) is 0 Å². The van der Waals surface area contributed by atoms with Crippen LogP contribution in [0.15, 0.2) is 42.9 Å². The Bertz CT molecular complexity index is 1060. The lowest BCUT2D eigenvalue weighted by atomic mass is 9.98. The van der Waals surface area contributed by atoms with Gasteiger partial charge in [-0.3, -0.25) is 14.4 Å². The van der Waals surface area contributed by atoms with Crippen molar-refractivity contribution in [3.8, 4) is 0 Å². The lowest BCUT2D eigenvalue weighted by Crippen LogP contribution is -2.57. The molecule has 0 saturated carbocycles. The lowest BCUT2D eigenvalue weighted by molar-refractivity contribution is -0.143. The molecule has 6 N–H and O–H groups in total. The number of likely N-dealkylation sites (tertiary alicyclic amines) is 1. The van der Waals surface area contributed by atoms with Crippen molar-refractivity contribution in [1.82, 2.24) is 25.5 Å². The number of carboxylic acid groups (broad SMARTS) is 1. The highest BCUT2D eigenvalue weighted by Gasteiger charge is 2.38. The summed E-state index contributed by atoms with van der Waals surface area (Å²) in [5, 5.41) is 15.0. The van der Waals surface area contributed by atoms with Gasteiger partial charge in [0.2, 0.25) is 17.7 Å². The minimum atomic E-state index is -1.22. The normalized spacial score (nSPS) is 18.5. The van der Waals surface area contributed by atoms with Crippen LogP contribution in [0, 0.1) is 5.92 Å². The summed E-state index contributed by atoms with van der Waals surface area (Å²) in [5.74, 6) is -2.60. The molecule has 0 bridgehead atoms. The minimum Gasteiger partial charge on any atom is -0.480 e. The molecule has 1 fully saturated rings. The molecule has 11 heteroatoms. The maximum absolute atomic E-state index is 13.3. The summed E-state index contributed by atoms with van der Waals surface area (Å²) in [6.07, 6.45) is 4.92. The standard InChI is InChI=1S/C26H36N6O5/c1-3-16(2)22(27)25(35)32-11-7-10-21(32)24(34)30-19(12-17-8-5-4-6-9-17)23(33)31-20(26(36)37)13-18-14-28-15-29-18/h4-6,8-9,14-16,19-22H,3,7,10-13,27H2,1-2H3,(H,28,29)(H,30,34)(H,31,33)(H,36,37). The Balaban J connectivity index is 1.76. The van der Waals surface area contributed by atoms with Crippen LogP contribution in [0.25, 0.3) is 0 Å². The van der Waals surface area contributed by atoms with Gasteiger partial charge in [-0.25, -0.2) is 9.78 Å². The highest BCUT2D eigenvalue weighted by atomic mass is 16.4. The number of aromatic nitrogens is 2. The van der Waals surface area contributed by atoms with E-state index >= 15 is 0 Å². The predicted molar refractivity (Wildman–Crippen MR) is 136 cm³/mol. The second-order valence-corrected chi connectivity index (χ2v) is 9.53. The Hall–Kier alpha value is -3.73. The van der Waals surface area contributed by atoms with Crippen molar-refractivity contribution in [1.29, 1.82) is 0 Å². The molecule has 200 valence electrons. The molecule has 0 radical (unpaired) electrons. The number of hydrogen-bond donors (Lipinski definition) is 5. The van der Waals surface area contributed by atoms with Crippen molar-refractivity contribution >= 4 is 23.7 Å². The molecule has 37 heavy (non-hydrogen) atoms. The zero-order valence-electron chi connectivity index (χ0n) is 21.2. The number of H-pyrrole nitrogens is 1. The second-order valence-electron chi connectivity index (χ2n) is 9.53. The van der Waals surface area contributed by atoms with Gasteiger partial charge in [0.05, 0.1) is 12.4 Å². The summed E-state index contributed by atoms with van der Waals surface area (Å²) in [6, 6.07) is 5.40. The monoisotopic (exact) mass is 512 g/mol. The third kappa shape index (κ3) is 7.39. The fourth-order valence-corrected chi connectivity index (χ4v) is 4.41.